The van der Waals surface area contributed by atoms with Crippen LogP contribution in [0.4, 0.5) is 0 Å². The Morgan fingerprint density at radius 1 is 1.62 bits per heavy atom. The van der Waals surface area contributed by atoms with Crippen molar-refractivity contribution in [2.45, 2.75) is 13.0 Å². The van der Waals surface area contributed by atoms with Crippen LogP contribution in [0.1, 0.15) is 6.92 Å². The van der Waals surface area contributed by atoms with Gasteiger partial charge in [0.05, 0.1) is 12.7 Å². The summed E-state index contributed by atoms with van der Waals surface area (Å²) in [5.74, 6) is 0. The molecule has 0 radical (unpaired) electrons. The summed E-state index contributed by atoms with van der Waals surface area (Å²) in [5.41, 5.74) is 0. The molecule has 1 unspecified atom stereocenters. The molecule has 0 aromatic heterocycles. The first-order chi connectivity index (χ1) is 3.39. The van der Waals surface area contributed by atoms with Crippen molar-refractivity contribution in [3.8, 4) is 0 Å². The summed E-state index contributed by atoms with van der Waals surface area (Å²) in [7, 11) is 0. The molecule has 0 spiro atoms. The van der Waals surface area contributed by atoms with Crippen LogP contribution in [-0.4, -0.2) is 77.2 Å². The van der Waals surface area contributed by atoms with Gasteiger partial charge in [0, 0.05) is 13.1 Å². The van der Waals surface area contributed by atoms with Gasteiger partial charge < -0.3 is 10.1 Å². The molecule has 1 rings (SSSR count). The first-order valence-corrected chi connectivity index (χ1v) is 2.72. The van der Waals surface area contributed by atoms with Crippen molar-refractivity contribution < 1.29 is 4.74 Å². The van der Waals surface area contributed by atoms with E-state index in [1.165, 1.54) is 0 Å². The molecule has 0 saturated carbocycles. The molecule has 1 saturated heterocycles. The first-order valence-electron chi connectivity index (χ1n) is 2.72. The minimum atomic E-state index is 0. The Bertz CT molecular complexity index is 54.4. The van der Waals surface area contributed by atoms with E-state index in [1.54, 1.807) is 0 Å². The van der Waals surface area contributed by atoms with E-state index in [0.29, 0.717) is 6.10 Å². The molecule has 0 aliphatic carbocycles. The van der Waals surface area contributed by atoms with E-state index in [9.17, 15) is 0 Å². The number of hydrogen-bond acceptors (Lipinski definition) is 2. The van der Waals surface area contributed by atoms with Gasteiger partial charge in [0.2, 0.25) is 0 Å². The summed E-state index contributed by atoms with van der Waals surface area (Å²) in [6, 6.07) is 0. The molecule has 1 heterocycles. The van der Waals surface area contributed by atoms with Crippen molar-refractivity contribution in [3.05, 3.63) is 0 Å². The number of hydrogen-bond donors (Lipinski definition) is 1. The Balaban J connectivity index is 0.000000490. The topological polar surface area (TPSA) is 21.3 Å². The average Bonchev–Trinajstić information content (AvgIpc) is 1.69. The molecule has 0 aromatic carbocycles. The van der Waals surface area contributed by atoms with Gasteiger partial charge >= 0.3 is 51.4 Å². The van der Waals surface area contributed by atoms with Crippen LogP contribution in [0.3, 0.4) is 0 Å². The van der Waals surface area contributed by atoms with E-state index in [4.69, 9.17) is 4.74 Å². The number of ether oxygens (including phenoxy) is 1. The van der Waals surface area contributed by atoms with Gasteiger partial charge in [-0.1, -0.05) is 0 Å². The van der Waals surface area contributed by atoms with Crippen LogP contribution in [0.5, 0.6) is 0 Å². The molecule has 1 aliphatic heterocycles. The zero-order valence-corrected chi connectivity index (χ0v) is 4.61. The van der Waals surface area contributed by atoms with E-state index in [2.05, 4.69) is 12.2 Å². The molecule has 2 nitrogen and oxygen atoms in total. The first kappa shape index (κ1) is 9.56. The van der Waals surface area contributed by atoms with Crippen molar-refractivity contribution in [1.82, 2.24) is 5.32 Å². The molecular formula is C5H12KNO. The molecular weight excluding hydrogens is 129 g/mol. The maximum atomic E-state index is 5.22. The van der Waals surface area contributed by atoms with E-state index in [0.717, 1.165) is 19.7 Å². The van der Waals surface area contributed by atoms with Crippen LogP contribution in [0.15, 0.2) is 0 Å². The Morgan fingerprint density at radius 3 is 2.62 bits per heavy atom. The third-order valence-corrected chi connectivity index (χ3v) is 1.11. The fraction of sp³-hybridized carbons (Fsp3) is 1.00. The van der Waals surface area contributed by atoms with Gasteiger partial charge in [-0.3, -0.25) is 0 Å². The SMILES string of the molecule is CC1CNCCO1.[KH]. The van der Waals surface area contributed by atoms with E-state index in [1.807, 2.05) is 0 Å². The molecule has 1 atom stereocenters. The van der Waals surface area contributed by atoms with Crippen LogP contribution < -0.4 is 5.32 Å². The quantitative estimate of drug-likeness (QED) is 0.452. The molecule has 8 heavy (non-hydrogen) atoms. The standard InChI is InChI=1S/C5H11NO.K.H/c1-5-4-6-2-3-7-5;;/h5-6H,2-4H2,1H3;;. The summed E-state index contributed by atoms with van der Waals surface area (Å²) in [6.45, 7) is 4.98. The predicted molar refractivity (Wildman–Crippen MR) is 35.4 cm³/mol. The predicted octanol–water partition coefficient (Wildman–Crippen LogP) is -0.654. The van der Waals surface area contributed by atoms with Gasteiger partial charge in [-0.25, -0.2) is 0 Å². The second-order valence-corrected chi connectivity index (χ2v) is 1.89. The Hall–Kier alpha value is 1.56. The molecule has 1 aliphatic rings. The van der Waals surface area contributed by atoms with Crippen molar-refractivity contribution >= 4 is 51.4 Å². The third-order valence-electron chi connectivity index (χ3n) is 1.11. The van der Waals surface area contributed by atoms with Crippen LogP contribution >= 0.6 is 0 Å². The Morgan fingerprint density at radius 2 is 2.38 bits per heavy atom. The average molecular weight is 141 g/mol. The number of morpholine rings is 1. The monoisotopic (exact) mass is 141 g/mol. The van der Waals surface area contributed by atoms with Gasteiger partial charge in [0.15, 0.2) is 0 Å². The molecule has 0 aromatic rings. The van der Waals surface area contributed by atoms with Crippen LogP contribution in [0, 0.1) is 0 Å². The van der Waals surface area contributed by atoms with Gasteiger partial charge in [0.25, 0.3) is 0 Å². The maximum absolute atomic E-state index is 5.22. The summed E-state index contributed by atoms with van der Waals surface area (Å²) in [6.07, 6.45) is 0.425. The zero-order chi connectivity index (χ0) is 5.11. The summed E-state index contributed by atoms with van der Waals surface area (Å²) < 4.78 is 5.22. The van der Waals surface area contributed by atoms with E-state index >= 15 is 0 Å². The molecule has 1 fully saturated rings. The van der Waals surface area contributed by atoms with Gasteiger partial charge in [-0.05, 0) is 6.92 Å². The summed E-state index contributed by atoms with van der Waals surface area (Å²) >= 11 is 0. The molecule has 44 valence electrons. The molecule has 0 amide bonds. The van der Waals surface area contributed by atoms with Crippen LogP contribution in [0.25, 0.3) is 0 Å². The minimum absolute atomic E-state index is 0. The second kappa shape index (κ2) is 5.35. The van der Waals surface area contributed by atoms with Crippen molar-refractivity contribution in [3.63, 3.8) is 0 Å². The van der Waals surface area contributed by atoms with Gasteiger partial charge in [0.1, 0.15) is 0 Å². The van der Waals surface area contributed by atoms with Crippen molar-refractivity contribution in [2.24, 2.45) is 0 Å². The van der Waals surface area contributed by atoms with Crippen molar-refractivity contribution in [2.75, 3.05) is 19.7 Å². The Kier molecular flexibility index (Phi) is 6.39. The molecule has 1 N–H and O–H groups in total. The second-order valence-electron chi connectivity index (χ2n) is 1.89. The fourth-order valence-corrected chi connectivity index (χ4v) is 0.697. The normalized spacial score (nSPS) is 28.9. The fourth-order valence-electron chi connectivity index (χ4n) is 0.697. The zero-order valence-electron chi connectivity index (χ0n) is 4.61. The van der Waals surface area contributed by atoms with Crippen LogP contribution in [0.2, 0.25) is 0 Å². The molecule has 3 heteroatoms. The Labute approximate surface area is 92.8 Å². The van der Waals surface area contributed by atoms with Gasteiger partial charge in [-0.2, -0.15) is 0 Å². The number of nitrogens with one attached hydrogen (secondary N) is 1. The van der Waals surface area contributed by atoms with Gasteiger partial charge in [-0.15, -0.1) is 0 Å². The third kappa shape index (κ3) is 3.56. The summed E-state index contributed by atoms with van der Waals surface area (Å²) in [5, 5.41) is 3.21. The molecule has 0 bridgehead atoms. The summed E-state index contributed by atoms with van der Waals surface area (Å²) in [4.78, 5) is 0. The van der Waals surface area contributed by atoms with E-state index in [-0.39, 0.29) is 51.4 Å². The van der Waals surface area contributed by atoms with Crippen molar-refractivity contribution in [1.29, 1.82) is 0 Å². The van der Waals surface area contributed by atoms with Crippen LogP contribution in [-0.2, 0) is 4.74 Å². The van der Waals surface area contributed by atoms with E-state index < -0.39 is 0 Å². The number of rotatable bonds is 0.